The smallest absolute Gasteiger partial charge is 0.171 e. The molecule has 0 spiro atoms. The molecule has 2 aromatic rings. The molecule has 0 aliphatic carbocycles. The summed E-state index contributed by atoms with van der Waals surface area (Å²) < 4.78 is 0. The van der Waals surface area contributed by atoms with Crippen LogP contribution >= 0.6 is 23.4 Å². The Kier molecular flexibility index (Phi) is 4.35. The number of amidine groups is 1. The number of rotatable bonds is 3. The van der Waals surface area contributed by atoms with Gasteiger partial charge in [-0.05, 0) is 30.7 Å². The van der Waals surface area contributed by atoms with E-state index in [-0.39, 0.29) is 5.84 Å². The summed E-state index contributed by atoms with van der Waals surface area (Å²) in [6.45, 7) is 1.98. The molecule has 3 nitrogen and oxygen atoms in total. The van der Waals surface area contributed by atoms with Gasteiger partial charge in [-0.15, -0.1) is 0 Å². The van der Waals surface area contributed by atoms with E-state index in [1.165, 1.54) is 11.8 Å². The second-order valence-electron chi connectivity index (χ2n) is 3.97. The molecule has 98 valence electrons. The number of nitrogens with zero attached hydrogens (tertiary/aromatic N) is 1. The molecule has 0 atom stereocenters. The number of aryl methyl sites for hydroxylation is 1. The molecule has 0 unspecified atom stereocenters. The Morgan fingerprint density at radius 1 is 1.21 bits per heavy atom. The van der Waals surface area contributed by atoms with Gasteiger partial charge in [0.2, 0.25) is 0 Å². The van der Waals surface area contributed by atoms with Crippen molar-refractivity contribution in [3.05, 3.63) is 58.6 Å². The summed E-state index contributed by atoms with van der Waals surface area (Å²) in [6.07, 6.45) is 0. The quantitative estimate of drug-likeness (QED) is 0.390. The lowest BCUT2D eigenvalue weighted by Gasteiger charge is -2.11. The van der Waals surface area contributed by atoms with Crippen LogP contribution in [0.3, 0.4) is 0 Å². The molecule has 2 aromatic carbocycles. The third-order valence-electron chi connectivity index (χ3n) is 2.64. The molecule has 0 aliphatic heterocycles. The molecule has 0 fully saturated rings. The molecule has 0 aromatic heterocycles. The number of oxime groups is 1. The van der Waals surface area contributed by atoms with Crippen molar-refractivity contribution in [2.75, 3.05) is 0 Å². The summed E-state index contributed by atoms with van der Waals surface area (Å²) in [7, 11) is 0. The van der Waals surface area contributed by atoms with Crippen molar-refractivity contribution in [2.24, 2.45) is 10.9 Å². The average Bonchev–Trinajstić information content (AvgIpc) is 2.42. The van der Waals surface area contributed by atoms with Gasteiger partial charge in [-0.3, -0.25) is 0 Å². The molecular formula is C14H13ClN2OS. The highest BCUT2D eigenvalue weighted by molar-refractivity contribution is 7.99. The molecule has 0 bridgehead atoms. The lowest BCUT2D eigenvalue weighted by Crippen LogP contribution is -2.14. The first-order chi connectivity index (χ1) is 9.13. The topological polar surface area (TPSA) is 58.6 Å². The third kappa shape index (κ3) is 3.03. The zero-order valence-corrected chi connectivity index (χ0v) is 11.9. The molecule has 5 heteroatoms. The Balaban J connectivity index is 2.48. The Morgan fingerprint density at radius 3 is 2.63 bits per heavy atom. The summed E-state index contributed by atoms with van der Waals surface area (Å²) in [5.74, 6) is 0.0956. The SMILES string of the molecule is Cc1cccc(/C(N)=N/O)c1Sc1ccccc1Cl. The lowest BCUT2D eigenvalue weighted by atomic mass is 10.1. The fourth-order valence-corrected chi connectivity index (χ4v) is 2.98. The van der Waals surface area contributed by atoms with Gasteiger partial charge in [0.1, 0.15) is 0 Å². The van der Waals surface area contributed by atoms with Crippen LogP contribution in [-0.4, -0.2) is 11.0 Å². The van der Waals surface area contributed by atoms with Gasteiger partial charge >= 0.3 is 0 Å². The van der Waals surface area contributed by atoms with Crippen molar-refractivity contribution in [3.8, 4) is 0 Å². The van der Waals surface area contributed by atoms with Crippen molar-refractivity contribution in [3.63, 3.8) is 0 Å². The van der Waals surface area contributed by atoms with Crippen LogP contribution in [0.5, 0.6) is 0 Å². The molecular weight excluding hydrogens is 280 g/mol. The van der Waals surface area contributed by atoms with Crippen molar-refractivity contribution >= 4 is 29.2 Å². The van der Waals surface area contributed by atoms with Crippen LogP contribution in [-0.2, 0) is 0 Å². The highest BCUT2D eigenvalue weighted by Crippen LogP contribution is 2.36. The second kappa shape index (κ2) is 5.99. The van der Waals surface area contributed by atoms with Gasteiger partial charge in [0.05, 0.1) is 5.02 Å². The first-order valence-corrected chi connectivity index (χ1v) is 6.83. The largest absolute Gasteiger partial charge is 0.409 e. The molecule has 0 aliphatic rings. The number of benzene rings is 2. The second-order valence-corrected chi connectivity index (χ2v) is 5.43. The molecule has 0 saturated heterocycles. The summed E-state index contributed by atoms with van der Waals surface area (Å²) in [4.78, 5) is 1.87. The number of hydrogen-bond donors (Lipinski definition) is 2. The predicted octanol–water partition coefficient (Wildman–Crippen LogP) is 3.89. The van der Waals surface area contributed by atoms with Crippen LogP contribution in [0.15, 0.2) is 57.4 Å². The van der Waals surface area contributed by atoms with E-state index in [0.29, 0.717) is 10.6 Å². The molecule has 3 N–H and O–H groups in total. The average molecular weight is 293 g/mol. The first kappa shape index (κ1) is 13.8. The summed E-state index contributed by atoms with van der Waals surface area (Å²) in [5, 5.41) is 12.6. The Hall–Kier alpha value is -1.65. The molecule has 2 rings (SSSR count). The number of hydrogen-bond acceptors (Lipinski definition) is 3. The maximum Gasteiger partial charge on any atom is 0.171 e. The minimum Gasteiger partial charge on any atom is -0.409 e. The molecule has 0 heterocycles. The lowest BCUT2D eigenvalue weighted by molar-refractivity contribution is 0.318. The Labute approximate surface area is 121 Å². The van der Waals surface area contributed by atoms with Crippen LogP contribution in [0, 0.1) is 6.92 Å². The van der Waals surface area contributed by atoms with Crippen LogP contribution in [0.1, 0.15) is 11.1 Å². The van der Waals surface area contributed by atoms with Crippen LogP contribution in [0.2, 0.25) is 5.02 Å². The van der Waals surface area contributed by atoms with E-state index in [1.807, 2.05) is 49.4 Å². The predicted molar refractivity (Wildman–Crippen MR) is 79.3 cm³/mol. The minimum absolute atomic E-state index is 0.0956. The highest BCUT2D eigenvalue weighted by Gasteiger charge is 2.12. The molecule has 19 heavy (non-hydrogen) atoms. The first-order valence-electron chi connectivity index (χ1n) is 5.63. The standard InChI is InChI=1S/C14H13ClN2OS/c1-9-5-4-6-10(14(16)17-18)13(9)19-12-8-3-2-7-11(12)15/h2-8,18H,1H3,(H2,16,17). The van der Waals surface area contributed by atoms with Gasteiger partial charge in [-0.1, -0.05) is 52.8 Å². The van der Waals surface area contributed by atoms with Gasteiger partial charge in [0.25, 0.3) is 0 Å². The molecule has 0 amide bonds. The fraction of sp³-hybridized carbons (Fsp3) is 0.0714. The number of halogens is 1. The van der Waals surface area contributed by atoms with E-state index < -0.39 is 0 Å². The molecule has 0 radical (unpaired) electrons. The van der Waals surface area contributed by atoms with Gasteiger partial charge in [0.15, 0.2) is 5.84 Å². The third-order valence-corrected chi connectivity index (χ3v) is 4.41. The van der Waals surface area contributed by atoms with Crippen molar-refractivity contribution in [1.29, 1.82) is 0 Å². The van der Waals surface area contributed by atoms with E-state index >= 15 is 0 Å². The van der Waals surface area contributed by atoms with Gasteiger partial charge in [0, 0.05) is 15.4 Å². The monoisotopic (exact) mass is 292 g/mol. The zero-order valence-electron chi connectivity index (χ0n) is 10.3. The molecule has 0 saturated carbocycles. The Morgan fingerprint density at radius 2 is 1.95 bits per heavy atom. The maximum atomic E-state index is 8.85. The van der Waals surface area contributed by atoms with E-state index in [2.05, 4.69) is 5.16 Å². The normalized spacial score (nSPS) is 11.6. The van der Waals surface area contributed by atoms with Gasteiger partial charge in [-0.2, -0.15) is 0 Å². The Bertz CT molecular complexity index is 629. The van der Waals surface area contributed by atoms with E-state index in [1.54, 1.807) is 0 Å². The maximum absolute atomic E-state index is 8.85. The number of nitrogens with two attached hydrogens (primary N) is 1. The van der Waals surface area contributed by atoms with Gasteiger partial charge in [-0.25, -0.2) is 0 Å². The minimum atomic E-state index is 0.0956. The fourth-order valence-electron chi connectivity index (χ4n) is 1.68. The summed E-state index contributed by atoms with van der Waals surface area (Å²) >= 11 is 7.67. The van der Waals surface area contributed by atoms with Crippen LogP contribution in [0.25, 0.3) is 0 Å². The van der Waals surface area contributed by atoms with Crippen molar-refractivity contribution in [1.82, 2.24) is 0 Å². The van der Waals surface area contributed by atoms with Crippen LogP contribution < -0.4 is 5.73 Å². The summed E-state index contributed by atoms with van der Waals surface area (Å²) in [5.41, 5.74) is 7.46. The van der Waals surface area contributed by atoms with Gasteiger partial charge < -0.3 is 10.9 Å². The summed E-state index contributed by atoms with van der Waals surface area (Å²) in [6, 6.07) is 13.3. The van der Waals surface area contributed by atoms with Crippen molar-refractivity contribution < 1.29 is 5.21 Å². The van der Waals surface area contributed by atoms with Crippen LogP contribution in [0.4, 0.5) is 0 Å². The zero-order chi connectivity index (χ0) is 13.8. The van der Waals surface area contributed by atoms with E-state index in [4.69, 9.17) is 22.5 Å². The van der Waals surface area contributed by atoms with E-state index in [0.717, 1.165) is 15.4 Å². The van der Waals surface area contributed by atoms with E-state index in [9.17, 15) is 0 Å². The highest BCUT2D eigenvalue weighted by atomic mass is 35.5. The van der Waals surface area contributed by atoms with Crippen molar-refractivity contribution in [2.45, 2.75) is 16.7 Å².